The second-order valence-corrected chi connectivity index (χ2v) is 10.8. The lowest BCUT2D eigenvalue weighted by atomic mass is 9.94. The molecule has 0 bridgehead atoms. The lowest BCUT2D eigenvalue weighted by molar-refractivity contribution is -0.139. The fraction of sp³-hybridized carbons (Fsp3) is 0.250. The van der Waals surface area contributed by atoms with Crippen molar-refractivity contribution in [1.82, 2.24) is 4.57 Å². The van der Waals surface area contributed by atoms with E-state index in [-0.39, 0.29) is 19.0 Å². The normalized spacial score (nSPS) is 15.7. The summed E-state index contributed by atoms with van der Waals surface area (Å²) in [5, 5.41) is 0. The van der Waals surface area contributed by atoms with Gasteiger partial charge in [-0.05, 0) is 49.2 Å². The number of fused-ring (bicyclic) bond motifs is 2. The average molecular weight is 601 g/mol. The maximum absolute atomic E-state index is 14.0. The van der Waals surface area contributed by atoms with Gasteiger partial charge in [-0.15, -0.1) is 0 Å². The second-order valence-electron chi connectivity index (χ2n) is 9.77. The number of hydrogen-bond donors (Lipinski definition) is 0. The molecule has 0 saturated heterocycles. The summed E-state index contributed by atoms with van der Waals surface area (Å²) in [6.45, 7) is 4.02. The van der Waals surface area contributed by atoms with Crippen LogP contribution >= 0.6 is 11.3 Å². The van der Waals surface area contributed by atoms with Crippen molar-refractivity contribution < 1.29 is 33.0 Å². The Hall–Kier alpha value is -4.90. The molecule has 0 saturated carbocycles. The van der Waals surface area contributed by atoms with Gasteiger partial charge in [0.05, 0.1) is 41.1 Å². The molecular formula is C32H28N2O8S. The molecule has 2 aromatic carbocycles. The molecule has 0 fully saturated rings. The predicted molar refractivity (Wildman–Crippen MR) is 158 cm³/mol. The van der Waals surface area contributed by atoms with Crippen LogP contribution in [0.1, 0.15) is 54.4 Å². The lowest BCUT2D eigenvalue weighted by Gasteiger charge is -2.25. The van der Waals surface area contributed by atoms with E-state index >= 15 is 0 Å². The molecule has 0 radical (unpaired) electrons. The summed E-state index contributed by atoms with van der Waals surface area (Å²) in [5.74, 6) is 0.990. The minimum atomic E-state index is -0.785. The maximum atomic E-state index is 14.0. The van der Waals surface area contributed by atoms with Crippen LogP contribution < -0.4 is 24.4 Å². The van der Waals surface area contributed by atoms with Gasteiger partial charge in [0.15, 0.2) is 16.3 Å². The summed E-state index contributed by atoms with van der Waals surface area (Å²) in [5.41, 5.74) is 2.17. The summed E-state index contributed by atoms with van der Waals surface area (Å²) in [7, 11) is 1.32. The van der Waals surface area contributed by atoms with Crippen molar-refractivity contribution in [1.29, 1.82) is 0 Å². The Labute approximate surface area is 250 Å². The average Bonchev–Trinajstić information content (AvgIpc) is 3.75. The minimum Gasteiger partial charge on any atom is -0.465 e. The van der Waals surface area contributed by atoms with Gasteiger partial charge in [-0.1, -0.05) is 48.9 Å². The molecule has 43 heavy (non-hydrogen) atoms. The summed E-state index contributed by atoms with van der Waals surface area (Å²) < 4.78 is 29.4. The molecule has 0 spiro atoms. The number of carbonyl (C=O) groups is 2. The van der Waals surface area contributed by atoms with Gasteiger partial charge in [-0.2, -0.15) is 0 Å². The molecule has 220 valence electrons. The number of benzene rings is 2. The van der Waals surface area contributed by atoms with E-state index < -0.39 is 18.0 Å². The highest BCUT2D eigenvalue weighted by molar-refractivity contribution is 7.07. The number of carbonyl (C=O) groups excluding carboxylic acids is 2. The number of hydrogen-bond acceptors (Lipinski definition) is 10. The van der Waals surface area contributed by atoms with Crippen molar-refractivity contribution in [3.05, 3.63) is 102 Å². The Morgan fingerprint density at radius 1 is 1.07 bits per heavy atom. The molecule has 11 heteroatoms. The fourth-order valence-corrected chi connectivity index (χ4v) is 6.21. The van der Waals surface area contributed by atoms with E-state index in [1.807, 2.05) is 13.0 Å². The van der Waals surface area contributed by atoms with Crippen LogP contribution in [0.15, 0.2) is 80.1 Å². The first-order chi connectivity index (χ1) is 20.9. The third-order valence-electron chi connectivity index (χ3n) is 7.10. The highest BCUT2D eigenvalue weighted by atomic mass is 32.1. The van der Waals surface area contributed by atoms with Gasteiger partial charge in [0.1, 0.15) is 11.5 Å². The van der Waals surface area contributed by atoms with Gasteiger partial charge >= 0.3 is 11.9 Å². The highest BCUT2D eigenvalue weighted by Crippen LogP contribution is 2.39. The van der Waals surface area contributed by atoms with Gasteiger partial charge in [-0.25, -0.2) is 14.6 Å². The van der Waals surface area contributed by atoms with Crippen LogP contribution in [-0.4, -0.2) is 37.0 Å². The number of ether oxygens (including phenoxy) is 4. The second kappa shape index (κ2) is 11.8. The summed E-state index contributed by atoms with van der Waals surface area (Å²) in [4.78, 5) is 45.0. The number of aromatic nitrogens is 1. The predicted octanol–water partition coefficient (Wildman–Crippen LogP) is 4.35. The topological polar surface area (TPSA) is 119 Å². The van der Waals surface area contributed by atoms with E-state index in [1.54, 1.807) is 61.5 Å². The first-order valence-corrected chi connectivity index (χ1v) is 14.6. The van der Waals surface area contributed by atoms with Crippen molar-refractivity contribution in [3.63, 3.8) is 0 Å². The summed E-state index contributed by atoms with van der Waals surface area (Å²) in [6.07, 6.45) is 2.91. The lowest BCUT2D eigenvalue weighted by Crippen LogP contribution is -2.40. The van der Waals surface area contributed by atoms with E-state index in [1.165, 1.54) is 23.0 Å². The SMILES string of the molecule is CCCC1=C(C(=O)OCC)[C@H](c2ccc3c(c2)OCO3)n2c(s/c(=C/c3ccc(-c4ccccc4C(=O)OC)o3)c2=O)=N1. The third kappa shape index (κ3) is 5.16. The smallest absolute Gasteiger partial charge is 0.338 e. The van der Waals surface area contributed by atoms with E-state index in [4.69, 9.17) is 28.4 Å². The third-order valence-corrected chi connectivity index (χ3v) is 8.09. The Bertz CT molecular complexity index is 1950. The Kier molecular flexibility index (Phi) is 7.73. The van der Waals surface area contributed by atoms with Crippen molar-refractivity contribution in [2.24, 2.45) is 4.99 Å². The molecule has 1 atom stereocenters. The Balaban J connectivity index is 1.49. The van der Waals surface area contributed by atoms with E-state index in [2.05, 4.69) is 0 Å². The van der Waals surface area contributed by atoms with Gasteiger partial charge < -0.3 is 23.4 Å². The molecule has 2 aromatic heterocycles. The van der Waals surface area contributed by atoms with Gasteiger partial charge in [0.25, 0.3) is 5.56 Å². The first kappa shape index (κ1) is 28.2. The zero-order valence-corrected chi connectivity index (χ0v) is 24.6. The number of rotatable bonds is 8. The van der Waals surface area contributed by atoms with Crippen molar-refractivity contribution >= 4 is 29.4 Å². The number of furan rings is 1. The van der Waals surface area contributed by atoms with Crippen LogP contribution in [0.5, 0.6) is 11.5 Å². The first-order valence-electron chi connectivity index (χ1n) is 13.8. The largest absolute Gasteiger partial charge is 0.465 e. The van der Waals surface area contributed by atoms with Gasteiger partial charge in [-0.3, -0.25) is 9.36 Å². The van der Waals surface area contributed by atoms with Crippen LogP contribution in [0.4, 0.5) is 0 Å². The van der Waals surface area contributed by atoms with Crippen LogP contribution in [0.25, 0.3) is 17.4 Å². The van der Waals surface area contributed by atoms with Crippen molar-refractivity contribution in [3.8, 4) is 22.8 Å². The van der Waals surface area contributed by atoms with E-state index in [0.29, 0.717) is 66.7 Å². The maximum Gasteiger partial charge on any atom is 0.338 e. The van der Waals surface area contributed by atoms with Crippen LogP contribution in [-0.2, 0) is 14.3 Å². The number of nitrogens with zero attached hydrogens (tertiary/aromatic N) is 2. The van der Waals surface area contributed by atoms with Gasteiger partial charge in [0, 0.05) is 11.6 Å². The van der Waals surface area contributed by atoms with Crippen molar-refractivity contribution in [2.45, 2.75) is 32.7 Å². The number of methoxy groups -OCH3 is 1. The highest BCUT2D eigenvalue weighted by Gasteiger charge is 2.35. The fourth-order valence-electron chi connectivity index (χ4n) is 5.21. The summed E-state index contributed by atoms with van der Waals surface area (Å²) >= 11 is 1.21. The van der Waals surface area contributed by atoms with Crippen LogP contribution in [0.2, 0.25) is 0 Å². The molecule has 4 aromatic rings. The number of allylic oxidation sites excluding steroid dienone is 1. The zero-order valence-electron chi connectivity index (χ0n) is 23.7. The number of esters is 2. The molecule has 0 aliphatic carbocycles. The van der Waals surface area contributed by atoms with E-state index in [9.17, 15) is 14.4 Å². The summed E-state index contributed by atoms with van der Waals surface area (Å²) in [6, 6.07) is 15.0. The molecule has 2 aliphatic heterocycles. The van der Waals surface area contributed by atoms with Crippen LogP contribution in [0, 0.1) is 0 Å². The zero-order chi connectivity index (χ0) is 30.1. The molecule has 0 unspecified atom stereocenters. The number of thiazole rings is 1. The van der Waals surface area contributed by atoms with Crippen LogP contribution in [0.3, 0.4) is 0 Å². The minimum absolute atomic E-state index is 0.0957. The van der Waals surface area contributed by atoms with Gasteiger partial charge in [0.2, 0.25) is 6.79 Å². The molecule has 0 amide bonds. The quantitative estimate of drug-likeness (QED) is 0.274. The standard InChI is InChI=1S/C32H28N2O8S/c1-4-8-22-27(31(37)39-5-2)28(18-11-13-24-25(15-18)41-17-40-24)34-29(35)26(43-32(34)33-22)16-19-12-14-23(42-19)20-9-6-7-10-21(20)30(36)38-3/h6-7,9-16,28H,4-5,8,17H2,1-3H3/b26-16+/t28-/m0/s1. The molecule has 6 rings (SSSR count). The Morgan fingerprint density at radius 2 is 1.88 bits per heavy atom. The molecule has 4 heterocycles. The molecule has 0 N–H and O–H groups in total. The monoisotopic (exact) mass is 600 g/mol. The molecular weight excluding hydrogens is 572 g/mol. The van der Waals surface area contributed by atoms with Crippen molar-refractivity contribution in [2.75, 3.05) is 20.5 Å². The Morgan fingerprint density at radius 3 is 2.67 bits per heavy atom. The molecule has 10 nitrogen and oxygen atoms in total. The van der Waals surface area contributed by atoms with E-state index in [0.717, 1.165) is 6.42 Å². The molecule has 2 aliphatic rings.